The number of carbonyl (C=O) groups is 5. The monoisotopic (exact) mass is 1890 g/mol. The summed E-state index contributed by atoms with van der Waals surface area (Å²) in [7, 11) is 2.72. The zero-order valence-corrected chi connectivity index (χ0v) is 81.5. The predicted octanol–water partition coefficient (Wildman–Crippen LogP) is 13.2. The van der Waals surface area contributed by atoms with Crippen molar-refractivity contribution in [3.63, 3.8) is 0 Å². The van der Waals surface area contributed by atoms with E-state index in [2.05, 4.69) is 91.0 Å². The third-order valence-corrected chi connectivity index (χ3v) is 35.6. The van der Waals surface area contributed by atoms with E-state index in [0.717, 1.165) is 71.5 Å². The molecule has 0 aliphatic carbocycles. The molecule has 4 N–H and O–H groups in total. The number of carbonyl (C=O) groups excluding carboxylic acids is 4. The van der Waals surface area contributed by atoms with Gasteiger partial charge >= 0.3 is 128 Å². The predicted molar refractivity (Wildman–Crippen MR) is 469 cm³/mol. The van der Waals surface area contributed by atoms with E-state index in [9.17, 15) is 24.0 Å². The van der Waals surface area contributed by atoms with Gasteiger partial charge in [-0.2, -0.15) is 0 Å². The van der Waals surface area contributed by atoms with Crippen LogP contribution in [0.15, 0.2) is 179 Å². The standard InChI is InChI=1S/C11H12O3S4.C9H8O3S4.C8H9NO.C7H6OS4.C7H4OS4.C6H4S4.C4H7BrO2.2C4H8O.CH4O.CH4.B.K.2Na.H2O.2H/c1-2-14-9(12)6-13-5-8-7-17-11(18-8)10-15-3-4-16-10;10-7(11)4-12-3-6-5-15-9(16-6)8-13-1-2-14-8;1-9(7-10)8-5-3-2-4-6-8;2*8-3-5-4-11-7(12-5)6-9-1-2-10-6;1-2-8-5(7-1)6-9-3-4-10-6;1-2-7-4(6)3-5;2*1-2-4-5-3-1;1-2;;;;;;;;/h3-4,7H,2,5-6H2,1H3;1-2,5H,3-4H2,(H,10,11);2-7H,1H3;1-2,4,8H,3H2;1-4H;1-4H;2-3H2,1H3;2*1-4H2;2H,1H3;1H4;;;;;1H2;;/q;;;;;;;;;;;;3*+1;;2*-1/p-1. The first kappa shape index (κ1) is 111. The fourth-order valence-electron chi connectivity index (χ4n) is 6.17. The molecule has 0 aromatic heterocycles. The van der Waals surface area contributed by atoms with Crippen LogP contribution < -0.4 is 115 Å². The zero-order valence-electron chi connectivity index (χ0n) is 58.4. The molecule has 553 valence electrons. The van der Waals surface area contributed by atoms with Crippen molar-refractivity contribution in [2.45, 2.75) is 47.0 Å². The van der Waals surface area contributed by atoms with Gasteiger partial charge in [0.2, 0.25) is 6.41 Å². The SMILES string of the molecule is C.C1=CSC(=C2SC=CS2)S1.C1CCOC1.C1CCOC1.CCOC(=O)CBr.CCOC(=O)COCC1=CSC(=C2SC=CS2)S1.CN(C=O)c1ccccc1.CO.O=C(O)COCC1=CSC(=C2SC=CS2)S1.O=CC1=CSC(=C2SC=CS2)S1.OCC1=CSC(=C2SC=CS2)S1.[B].[H-].[H-].[K+].[Na+].[Na+].[OH-]. The number of amides is 1. The number of hydrogen-bond donors (Lipinski definition) is 3. The van der Waals surface area contributed by atoms with E-state index in [0.29, 0.717) is 31.8 Å². The molecule has 0 atom stereocenters. The fraction of sp³-hybridized carbons (Fsp3) is 0.339. The van der Waals surface area contributed by atoms with Gasteiger partial charge < -0.3 is 57.0 Å². The number of carboxylic acid groups (broad SMARTS) is 1. The molecule has 12 heterocycles. The second-order valence-electron chi connectivity index (χ2n) is 17.2. The molecule has 16 nitrogen and oxygen atoms in total. The van der Waals surface area contributed by atoms with Crippen molar-refractivity contribution in [2.75, 3.05) is 97.1 Å². The first-order chi connectivity index (χ1) is 47.5. The van der Waals surface area contributed by atoms with Crippen LogP contribution in [0.25, 0.3) is 0 Å². The fourth-order valence-corrected chi connectivity index (χ4v) is 27.8. The summed E-state index contributed by atoms with van der Waals surface area (Å²) in [5, 5.41) is 57.7. The Kier molecular flexibility index (Phi) is 79.0. The summed E-state index contributed by atoms with van der Waals surface area (Å²) in [4.78, 5) is 57.7. The average molecular weight is 1890 g/mol. The topological polar surface area (TPSA) is 235 Å². The first-order valence-corrected chi connectivity index (χ1v) is 46.8. The van der Waals surface area contributed by atoms with E-state index in [-0.39, 0.29) is 166 Å². The summed E-state index contributed by atoms with van der Waals surface area (Å²) >= 11 is 37.5. The molecule has 12 aliphatic heterocycles. The summed E-state index contributed by atoms with van der Waals surface area (Å²) in [6, 6.07) is 9.48. The summed E-state index contributed by atoms with van der Waals surface area (Å²) in [6.45, 7) is 9.22. The molecule has 2 fully saturated rings. The summed E-state index contributed by atoms with van der Waals surface area (Å²) < 4.78 is 42.7. The number of para-hydroxylation sites is 1. The number of nitrogens with zero attached hydrogens (tertiary/aromatic N) is 1. The Bertz CT molecular complexity index is 3080. The second-order valence-corrected chi connectivity index (χ2v) is 39.3. The molecule has 1 aromatic rings. The number of allylic oxidation sites excluding steroid dienone is 1. The van der Waals surface area contributed by atoms with Crippen molar-refractivity contribution in [2.24, 2.45) is 0 Å². The van der Waals surface area contributed by atoms with Gasteiger partial charge in [-0.3, -0.25) is 14.4 Å². The largest absolute Gasteiger partial charge is 1.00 e. The first-order valence-electron chi connectivity index (χ1n) is 28.4. The molecular formula is C62H77BBrKNNa2O15S20. The Morgan fingerprint density at radius 3 is 1.12 bits per heavy atom. The smallest absolute Gasteiger partial charge is 1.00 e. The number of alkyl halides is 1. The number of ether oxygens (including phenoxy) is 6. The van der Waals surface area contributed by atoms with Crippen molar-refractivity contribution in [1.82, 2.24) is 0 Å². The molecule has 0 saturated carbocycles. The molecule has 3 radical (unpaired) electrons. The van der Waals surface area contributed by atoms with Gasteiger partial charge in [-0.15, -0.1) is 0 Å². The quantitative estimate of drug-likeness (QED) is 0.0641. The molecule has 103 heavy (non-hydrogen) atoms. The van der Waals surface area contributed by atoms with E-state index in [4.69, 9.17) is 39.0 Å². The number of halogens is 1. The number of carboxylic acids is 1. The van der Waals surface area contributed by atoms with Crippen LogP contribution in [0.3, 0.4) is 0 Å². The van der Waals surface area contributed by atoms with Gasteiger partial charge in [0.05, 0.1) is 80.3 Å². The van der Waals surface area contributed by atoms with Crippen LogP contribution in [0.4, 0.5) is 5.69 Å². The number of rotatable bonds is 15. The van der Waals surface area contributed by atoms with E-state index < -0.39 is 5.97 Å². The number of aldehydes is 1. The van der Waals surface area contributed by atoms with Gasteiger partial charge in [-0.25, -0.2) is 9.59 Å². The number of anilines is 1. The normalized spacial score (nSPS) is 17.4. The third-order valence-electron chi connectivity index (χ3n) is 10.2. The summed E-state index contributed by atoms with van der Waals surface area (Å²) in [5.41, 5.74) is 0.914. The van der Waals surface area contributed by atoms with Crippen LogP contribution in [0.2, 0.25) is 0 Å². The number of aliphatic carboxylic acids is 1. The van der Waals surface area contributed by atoms with E-state index in [1.165, 1.54) is 73.0 Å². The number of esters is 2. The molecule has 0 bridgehead atoms. The Morgan fingerprint density at radius 1 is 0.515 bits per heavy atom. The minimum Gasteiger partial charge on any atom is -1.00 e. The number of aliphatic hydroxyl groups excluding tert-OH is 2. The maximum atomic E-state index is 11.1. The minimum atomic E-state index is -0.930. The summed E-state index contributed by atoms with van der Waals surface area (Å²) in [6.07, 6.45) is 6.80. The van der Waals surface area contributed by atoms with Crippen molar-refractivity contribution in [3.8, 4) is 0 Å². The molecule has 0 unspecified atom stereocenters. The van der Waals surface area contributed by atoms with Crippen molar-refractivity contribution < 1.29 is 187 Å². The van der Waals surface area contributed by atoms with Gasteiger partial charge in [-0.1, -0.05) is 277 Å². The minimum absolute atomic E-state index is 0. The van der Waals surface area contributed by atoms with Crippen molar-refractivity contribution in [1.29, 1.82) is 0 Å². The van der Waals surface area contributed by atoms with E-state index >= 15 is 0 Å². The Morgan fingerprint density at radius 2 is 0.835 bits per heavy atom. The molecule has 0 spiro atoms. The molecule has 1 amide bonds. The number of thioether (sulfide) groups is 20. The van der Waals surface area contributed by atoms with Gasteiger partial charge in [0.15, 0.2) is 6.29 Å². The number of hydrogen-bond acceptors (Lipinski definition) is 34. The molecule has 12 aliphatic rings. The van der Waals surface area contributed by atoms with Crippen molar-refractivity contribution in [3.05, 3.63) is 179 Å². The third kappa shape index (κ3) is 50.8. The second kappa shape index (κ2) is 73.4. The maximum absolute atomic E-state index is 11.1. The van der Waals surface area contributed by atoms with Crippen LogP contribution in [0.5, 0.6) is 0 Å². The molecule has 2 saturated heterocycles. The van der Waals surface area contributed by atoms with Crippen LogP contribution in [-0.2, 0) is 52.4 Å². The van der Waals surface area contributed by atoms with E-state index in [1.807, 2.05) is 93.6 Å². The van der Waals surface area contributed by atoms with E-state index in [1.54, 1.807) is 209 Å². The van der Waals surface area contributed by atoms with Crippen LogP contribution in [0, 0.1) is 0 Å². The zero-order chi connectivity index (χ0) is 69.9. The van der Waals surface area contributed by atoms with Gasteiger partial charge in [-0.05, 0) is 138 Å². The van der Waals surface area contributed by atoms with Crippen molar-refractivity contribution >= 4 is 296 Å². The Balaban J connectivity index is -0.000000360. The molecular weight excluding hydrogens is 1820 g/mol. The van der Waals surface area contributed by atoms with Gasteiger partial charge in [0, 0.05) is 69.4 Å². The van der Waals surface area contributed by atoms with Gasteiger partial charge in [0.25, 0.3) is 0 Å². The van der Waals surface area contributed by atoms with Gasteiger partial charge in [0.1, 0.15) is 18.5 Å². The number of aliphatic hydroxyl groups is 2. The summed E-state index contributed by atoms with van der Waals surface area (Å²) in [5.74, 6) is -1.44. The van der Waals surface area contributed by atoms with Crippen LogP contribution in [0.1, 0.15) is 49.8 Å². The maximum Gasteiger partial charge on any atom is 1.00 e. The van der Waals surface area contributed by atoms with Crippen LogP contribution in [-0.4, -0.2) is 152 Å². The number of benzene rings is 1. The average Bonchev–Trinajstić information content (AvgIpc) is 1.76. The Labute approximate surface area is 792 Å². The van der Waals surface area contributed by atoms with Crippen LogP contribution >= 0.6 is 251 Å². The molecule has 1 aromatic carbocycles. The Hall–Kier alpha value is 3.77. The molecule has 13 rings (SSSR count). The molecule has 41 heteroatoms.